The Morgan fingerprint density at radius 1 is 0.976 bits per heavy atom. The van der Waals surface area contributed by atoms with Crippen LogP contribution in [0.25, 0.3) is 17.2 Å². The van der Waals surface area contributed by atoms with Gasteiger partial charge < -0.3 is 10.1 Å². The molecule has 1 saturated heterocycles. The summed E-state index contributed by atoms with van der Waals surface area (Å²) in [5, 5.41) is 4.06. The molecule has 0 bridgehead atoms. The summed E-state index contributed by atoms with van der Waals surface area (Å²) in [6.45, 7) is 5.51. The van der Waals surface area contributed by atoms with Gasteiger partial charge in [-0.2, -0.15) is 26.3 Å². The lowest BCUT2D eigenvalue weighted by atomic mass is 10.0. The minimum Gasteiger partial charge on any atom is -0.460 e. The summed E-state index contributed by atoms with van der Waals surface area (Å²) in [6.07, 6.45) is -8.03. The Labute approximate surface area is 251 Å². The number of ether oxygens (including phenoxy) is 1. The molecule has 1 fully saturated rings. The predicted molar refractivity (Wildman–Crippen MR) is 152 cm³/mol. The monoisotopic (exact) mass is 652 g/mol. The van der Waals surface area contributed by atoms with Crippen molar-refractivity contribution < 1.29 is 45.5 Å². The van der Waals surface area contributed by atoms with Gasteiger partial charge in [-0.25, -0.2) is 0 Å². The van der Waals surface area contributed by atoms with Gasteiger partial charge in [0.05, 0.1) is 16.0 Å². The van der Waals surface area contributed by atoms with Crippen LogP contribution in [0, 0.1) is 0 Å². The number of amides is 2. The third-order valence-electron chi connectivity index (χ3n) is 5.55. The second-order valence-electron chi connectivity index (χ2n) is 10.2. The fraction of sp³-hybridized carbons (Fsp3) is 0.407. The number of esters is 1. The summed E-state index contributed by atoms with van der Waals surface area (Å²) in [4.78, 5) is 38.7. The number of thiophene rings is 1. The molecule has 2 aromatic rings. The molecule has 0 saturated carbocycles. The normalized spacial score (nSPS) is 15.5. The molecule has 2 heterocycles. The van der Waals surface area contributed by atoms with Crippen molar-refractivity contribution in [2.45, 2.75) is 58.0 Å². The highest BCUT2D eigenvalue weighted by Crippen LogP contribution is 2.40. The smallest absolute Gasteiger partial charge is 0.416 e. The van der Waals surface area contributed by atoms with Gasteiger partial charge in [-0.15, -0.1) is 11.3 Å². The van der Waals surface area contributed by atoms with Gasteiger partial charge in [0.2, 0.25) is 5.91 Å². The van der Waals surface area contributed by atoms with Crippen LogP contribution in [0.1, 0.15) is 56.0 Å². The molecule has 0 atom stereocenters. The largest absolute Gasteiger partial charge is 0.460 e. The van der Waals surface area contributed by atoms with Crippen molar-refractivity contribution in [3.63, 3.8) is 0 Å². The van der Waals surface area contributed by atoms with Crippen LogP contribution in [-0.4, -0.2) is 45.7 Å². The first kappa shape index (κ1) is 33.6. The first-order valence-electron chi connectivity index (χ1n) is 12.5. The third-order valence-corrected chi connectivity index (χ3v) is 7.81. The van der Waals surface area contributed by atoms with Crippen LogP contribution < -0.4 is 5.32 Å². The predicted octanol–water partition coefficient (Wildman–Crippen LogP) is 7.28. The molecule has 0 radical (unpaired) electrons. The van der Waals surface area contributed by atoms with Gasteiger partial charge >= 0.3 is 18.3 Å². The van der Waals surface area contributed by atoms with Crippen LogP contribution >= 0.6 is 35.3 Å². The Balaban J connectivity index is 1.61. The number of carbonyl (C=O) groups excluding carboxylic acids is 3. The van der Waals surface area contributed by atoms with Crippen molar-refractivity contribution in [1.29, 1.82) is 0 Å². The molecule has 228 valence electrons. The van der Waals surface area contributed by atoms with E-state index in [4.69, 9.17) is 17.0 Å². The van der Waals surface area contributed by atoms with E-state index >= 15 is 0 Å². The van der Waals surface area contributed by atoms with Crippen LogP contribution in [0.4, 0.5) is 26.3 Å². The van der Waals surface area contributed by atoms with E-state index in [1.54, 1.807) is 20.8 Å². The molecule has 1 aliphatic rings. The lowest BCUT2D eigenvalue weighted by Gasteiger charge is -2.19. The number of rotatable bonds is 9. The van der Waals surface area contributed by atoms with E-state index in [1.807, 2.05) is 0 Å². The van der Waals surface area contributed by atoms with Crippen LogP contribution in [0.15, 0.2) is 34.6 Å². The first-order valence-corrected chi connectivity index (χ1v) is 14.6. The highest BCUT2D eigenvalue weighted by molar-refractivity contribution is 8.26. The number of thiocarbonyl (C=S) groups is 1. The zero-order valence-corrected chi connectivity index (χ0v) is 25.0. The van der Waals surface area contributed by atoms with E-state index in [-0.39, 0.29) is 64.2 Å². The molecule has 6 nitrogen and oxygen atoms in total. The summed E-state index contributed by atoms with van der Waals surface area (Å²) in [5.74, 6) is -1.20. The molecule has 0 aliphatic carbocycles. The number of hydrogen-bond acceptors (Lipinski definition) is 7. The van der Waals surface area contributed by atoms with Crippen molar-refractivity contribution >= 4 is 63.5 Å². The van der Waals surface area contributed by atoms with Gasteiger partial charge in [-0.3, -0.25) is 19.3 Å². The molecule has 1 aromatic heterocycles. The molecular weight excluding hydrogens is 626 g/mol. The number of alkyl halides is 6. The Bertz CT molecular complexity index is 1360. The maximum atomic E-state index is 13.2. The Kier molecular flexibility index (Phi) is 10.5. The number of halogens is 6. The minimum absolute atomic E-state index is 0.0000496. The van der Waals surface area contributed by atoms with Crippen molar-refractivity contribution in [3.05, 3.63) is 50.6 Å². The standard InChI is InChI=1S/C27H26F6N2O4S3/c1-25(2,3)39-22(37)5-4-7-34-21(36)6-8-35-23(38)20(42-24(35)40)13-19-11-16(14-41-19)15-9-17(26(28,29)30)12-18(10-15)27(31,32)33/h9-14H,4-8H2,1-3H3,(H,34,36). The maximum absolute atomic E-state index is 13.2. The zero-order chi connectivity index (χ0) is 31.5. The summed E-state index contributed by atoms with van der Waals surface area (Å²) in [6, 6.07) is 2.73. The average molecular weight is 653 g/mol. The lowest BCUT2D eigenvalue weighted by molar-refractivity contribution is -0.155. The highest BCUT2D eigenvalue weighted by atomic mass is 32.2. The van der Waals surface area contributed by atoms with Crippen molar-refractivity contribution in [2.75, 3.05) is 13.1 Å². The number of thioether (sulfide) groups is 1. The number of benzene rings is 1. The Hall–Kier alpha value is -2.91. The molecule has 1 aliphatic heterocycles. The molecule has 0 unspecified atom stereocenters. The van der Waals surface area contributed by atoms with E-state index in [9.17, 15) is 40.7 Å². The molecule has 2 amide bonds. The maximum Gasteiger partial charge on any atom is 0.416 e. The van der Waals surface area contributed by atoms with Gasteiger partial charge in [0.1, 0.15) is 9.92 Å². The molecular formula is C27H26F6N2O4S3. The van der Waals surface area contributed by atoms with Crippen molar-refractivity contribution in [3.8, 4) is 11.1 Å². The van der Waals surface area contributed by atoms with Crippen LogP contribution in [0.5, 0.6) is 0 Å². The molecule has 0 spiro atoms. The second kappa shape index (κ2) is 13.2. The minimum atomic E-state index is -4.97. The Morgan fingerprint density at radius 2 is 1.60 bits per heavy atom. The van der Waals surface area contributed by atoms with E-state index in [1.165, 1.54) is 22.4 Å². The number of hydrogen-bond donors (Lipinski definition) is 1. The van der Waals surface area contributed by atoms with Gasteiger partial charge in [-0.05, 0) is 74.0 Å². The van der Waals surface area contributed by atoms with Crippen molar-refractivity contribution in [1.82, 2.24) is 10.2 Å². The summed E-state index contributed by atoms with van der Waals surface area (Å²) >= 11 is 7.26. The molecule has 42 heavy (non-hydrogen) atoms. The molecule has 1 aromatic carbocycles. The number of nitrogens with zero attached hydrogens (tertiary/aromatic N) is 1. The van der Waals surface area contributed by atoms with E-state index in [0.29, 0.717) is 23.4 Å². The van der Waals surface area contributed by atoms with E-state index in [2.05, 4.69) is 5.32 Å². The SMILES string of the molecule is CC(C)(C)OC(=O)CCCNC(=O)CCN1C(=O)C(=Cc2cc(-c3cc(C(F)(F)F)cc(C(F)(F)F)c3)cs2)SC1=S. The highest BCUT2D eigenvalue weighted by Gasteiger charge is 2.37. The number of nitrogens with one attached hydrogen (secondary N) is 1. The fourth-order valence-corrected chi connectivity index (χ4v) is 5.90. The molecule has 1 N–H and O–H groups in total. The quantitative estimate of drug-likeness (QED) is 0.101. The number of carbonyl (C=O) groups is 3. The van der Waals surface area contributed by atoms with Gasteiger partial charge in [0.25, 0.3) is 5.91 Å². The van der Waals surface area contributed by atoms with Gasteiger partial charge in [0, 0.05) is 30.8 Å². The van der Waals surface area contributed by atoms with Gasteiger partial charge in [0.15, 0.2) is 0 Å². The van der Waals surface area contributed by atoms with E-state index in [0.717, 1.165) is 23.1 Å². The topological polar surface area (TPSA) is 75.7 Å². The average Bonchev–Trinajstić information content (AvgIpc) is 3.42. The summed E-state index contributed by atoms with van der Waals surface area (Å²) < 4.78 is 84.8. The van der Waals surface area contributed by atoms with Crippen LogP contribution in [-0.2, 0) is 31.5 Å². The Morgan fingerprint density at radius 3 is 2.17 bits per heavy atom. The van der Waals surface area contributed by atoms with Crippen molar-refractivity contribution in [2.24, 2.45) is 0 Å². The summed E-state index contributed by atoms with van der Waals surface area (Å²) in [7, 11) is 0. The van der Waals surface area contributed by atoms with Crippen LogP contribution in [0.2, 0.25) is 0 Å². The fourth-order valence-electron chi connectivity index (χ4n) is 3.68. The first-order chi connectivity index (χ1) is 19.3. The lowest BCUT2D eigenvalue weighted by Crippen LogP contribution is -2.34. The van der Waals surface area contributed by atoms with Crippen LogP contribution in [0.3, 0.4) is 0 Å². The molecule has 15 heteroatoms. The van der Waals surface area contributed by atoms with Gasteiger partial charge in [-0.1, -0.05) is 24.0 Å². The second-order valence-corrected chi connectivity index (χ2v) is 12.8. The zero-order valence-electron chi connectivity index (χ0n) is 22.6. The summed E-state index contributed by atoms with van der Waals surface area (Å²) in [5.41, 5.74) is -3.58. The third kappa shape index (κ3) is 9.56. The molecule has 3 rings (SSSR count). The van der Waals surface area contributed by atoms with E-state index < -0.39 is 35.0 Å².